The van der Waals surface area contributed by atoms with E-state index in [2.05, 4.69) is 164 Å². The summed E-state index contributed by atoms with van der Waals surface area (Å²) in [6, 6.07) is 62.4. The van der Waals surface area contributed by atoms with Gasteiger partial charge in [0.05, 0.1) is 11.1 Å². The Labute approximate surface area is 342 Å². The van der Waals surface area contributed by atoms with E-state index in [1.165, 1.54) is 83.1 Å². The van der Waals surface area contributed by atoms with Crippen molar-refractivity contribution in [2.24, 2.45) is 0 Å². The third-order valence-electron chi connectivity index (χ3n) is 13.5. The summed E-state index contributed by atoms with van der Waals surface area (Å²) in [5.74, 6) is 1.06. The van der Waals surface area contributed by atoms with E-state index >= 15 is 0 Å². The first-order valence-electron chi connectivity index (χ1n) is 21.0. The normalized spacial score (nSPS) is 16.2. The molecule has 0 radical (unpaired) electrons. The van der Waals surface area contributed by atoms with Gasteiger partial charge in [-0.05, 0) is 133 Å². The van der Waals surface area contributed by atoms with Gasteiger partial charge in [0.25, 0.3) is 0 Å². The van der Waals surface area contributed by atoms with Crippen LogP contribution in [0.1, 0.15) is 51.8 Å². The maximum Gasteiger partial charge on any atom is 0.231 e. The molecule has 0 N–H and O–H groups in total. The molecule has 0 saturated heterocycles. The Kier molecular flexibility index (Phi) is 7.09. The molecule has 59 heavy (non-hydrogen) atoms. The summed E-state index contributed by atoms with van der Waals surface area (Å²) in [4.78, 5) is 10.9. The van der Waals surface area contributed by atoms with Crippen LogP contribution in [0.3, 0.4) is 0 Å². The summed E-state index contributed by atoms with van der Waals surface area (Å²) in [5.41, 5.74) is 21.4. The van der Waals surface area contributed by atoms with Crippen LogP contribution in [-0.2, 0) is 19.3 Å². The second-order valence-electron chi connectivity index (χ2n) is 16.7. The second-order valence-corrected chi connectivity index (χ2v) is 16.7. The second kappa shape index (κ2) is 12.7. The SMILES string of the molecule is c1ccc(-c2ccc3c(c2)CC2Cc4ccccc4-c4c5c(cc-3c42)C(c2nc(-c3ccc4ccccc4c3)nc3oc4ccccc4c23)CCc2ccccc2-5)cc1. The van der Waals surface area contributed by atoms with Crippen molar-refractivity contribution in [1.82, 2.24) is 9.97 Å². The van der Waals surface area contributed by atoms with E-state index in [-0.39, 0.29) is 5.92 Å². The minimum atomic E-state index is -0.0221. The minimum absolute atomic E-state index is 0.0221. The molecule has 8 aromatic carbocycles. The Balaban J connectivity index is 1.13. The highest BCUT2D eigenvalue weighted by molar-refractivity contribution is 6.06. The van der Waals surface area contributed by atoms with Crippen LogP contribution in [0.2, 0.25) is 0 Å². The highest BCUT2D eigenvalue weighted by Crippen LogP contribution is 2.57. The van der Waals surface area contributed by atoms with Gasteiger partial charge in [0.2, 0.25) is 5.71 Å². The van der Waals surface area contributed by atoms with Crippen LogP contribution in [0.4, 0.5) is 0 Å². The Morgan fingerprint density at radius 3 is 2.12 bits per heavy atom. The summed E-state index contributed by atoms with van der Waals surface area (Å²) in [5, 5.41) is 4.45. The Morgan fingerprint density at radius 1 is 0.492 bits per heavy atom. The summed E-state index contributed by atoms with van der Waals surface area (Å²) in [6.07, 6.45) is 3.92. The Hall–Kier alpha value is -7.10. The lowest BCUT2D eigenvalue weighted by Crippen LogP contribution is -2.21. The number of hydrogen-bond acceptors (Lipinski definition) is 3. The fourth-order valence-corrected chi connectivity index (χ4v) is 10.9. The van der Waals surface area contributed by atoms with Gasteiger partial charge >= 0.3 is 0 Å². The van der Waals surface area contributed by atoms with E-state index in [1.807, 2.05) is 6.07 Å². The van der Waals surface area contributed by atoms with Crippen LogP contribution in [0.15, 0.2) is 174 Å². The molecule has 10 aromatic rings. The molecule has 3 heteroatoms. The van der Waals surface area contributed by atoms with E-state index in [9.17, 15) is 0 Å². The van der Waals surface area contributed by atoms with E-state index in [0.717, 1.165) is 53.3 Å². The Morgan fingerprint density at radius 2 is 1.22 bits per heavy atom. The summed E-state index contributed by atoms with van der Waals surface area (Å²) in [6.45, 7) is 0. The molecule has 0 bridgehead atoms. The quantitative estimate of drug-likeness (QED) is 0.180. The Bertz CT molecular complexity index is 3360. The minimum Gasteiger partial charge on any atom is -0.438 e. The largest absolute Gasteiger partial charge is 0.438 e. The van der Waals surface area contributed by atoms with Crippen molar-refractivity contribution in [2.75, 3.05) is 0 Å². The summed E-state index contributed by atoms with van der Waals surface area (Å²) < 4.78 is 6.66. The lowest BCUT2D eigenvalue weighted by molar-refractivity contribution is 0.649. The zero-order valence-corrected chi connectivity index (χ0v) is 32.5. The van der Waals surface area contributed by atoms with Crippen LogP contribution in [0, 0.1) is 0 Å². The number of furan rings is 1. The van der Waals surface area contributed by atoms with Gasteiger partial charge in [-0.15, -0.1) is 0 Å². The molecule has 13 rings (SSSR count). The molecule has 2 heterocycles. The summed E-state index contributed by atoms with van der Waals surface area (Å²) >= 11 is 0. The number of fused-ring (bicyclic) bond motifs is 12. The zero-order chi connectivity index (χ0) is 38.6. The topological polar surface area (TPSA) is 38.9 Å². The number of aromatic nitrogens is 2. The number of benzene rings is 8. The van der Waals surface area contributed by atoms with Crippen molar-refractivity contribution < 1.29 is 4.42 Å². The molecule has 3 aliphatic carbocycles. The average Bonchev–Trinajstić information content (AvgIpc) is 3.59. The van der Waals surface area contributed by atoms with Gasteiger partial charge in [0.1, 0.15) is 5.58 Å². The molecule has 0 fully saturated rings. The maximum atomic E-state index is 6.66. The van der Waals surface area contributed by atoms with Crippen LogP contribution in [-0.4, -0.2) is 9.97 Å². The van der Waals surface area contributed by atoms with Crippen molar-refractivity contribution in [2.45, 2.75) is 37.5 Å². The number of rotatable bonds is 3. The molecule has 278 valence electrons. The third-order valence-corrected chi connectivity index (χ3v) is 13.5. The highest BCUT2D eigenvalue weighted by Gasteiger charge is 2.39. The predicted molar refractivity (Wildman–Crippen MR) is 241 cm³/mol. The van der Waals surface area contributed by atoms with Crippen molar-refractivity contribution >= 4 is 32.8 Å². The van der Waals surface area contributed by atoms with Crippen LogP contribution < -0.4 is 0 Å². The fraction of sp³-hybridized carbons (Fsp3) is 0.107. The summed E-state index contributed by atoms with van der Waals surface area (Å²) in [7, 11) is 0. The van der Waals surface area contributed by atoms with Gasteiger partial charge < -0.3 is 4.42 Å². The smallest absolute Gasteiger partial charge is 0.231 e. The molecule has 0 amide bonds. The molecule has 0 saturated carbocycles. The molecule has 3 aliphatic rings. The van der Waals surface area contributed by atoms with E-state index in [0.29, 0.717) is 17.5 Å². The predicted octanol–water partition coefficient (Wildman–Crippen LogP) is 14.1. The lowest BCUT2D eigenvalue weighted by Gasteiger charge is -2.38. The average molecular weight is 755 g/mol. The number of aryl methyl sites for hydroxylation is 1. The van der Waals surface area contributed by atoms with Gasteiger partial charge in [-0.1, -0.05) is 152 Å². The van der Waals surface area contributed by atoms with E-state index < -0.39 is 0 Å². The van der Waals surface area contributed by atoms with Crippen molar-refractivity contribution in [3.05, 3.63) is 203 Å². The highest BCUT2D eigenvalue weighted by atomic mass is 16.3. The van der Waals surface area contributed by atoms with E-state index in [4.69, 9.17) is 14.4 Å². The van der Waals surface area contributed by atoms with Gasteiger partial charge in [-0.25, -0.2) is 4.98 Å². The van der Waals surface area contributed by atoms with E-state index in [1.54, 1.807) is 0 Å². The van der Waals surface area contributed by atoms with Crippen LogP contribution in [0.5, 0.6) is 0 Å². The molecule has 2 aromatic heterocycles. The van der Waals surface area contributed by atoms with Crippen molar-refractivity contribution in [3.63, 3.8) is 0 Å². The fourth-order valence-electron chi connectivity index (χ4n) is 10.9. The van der Waals surface area contributed by atoms with Crippen LogP contribution >= 0.6 is 0 Å². The molecule has 0 spiro atoms. The first-order valence-corrected chi connectivity index (χ1v) is 21.0. The number of hydrogen-bond donors (Lipinski definition) is 0. The standard InChI is InChI=1S/C56H38N2O/c1-2-12-33(13-3-1)37-25-26-42-40(29-37)31-41-30-38-17-7-9-19-44(38)52-50(41)47(42)32-48-45(27-24-35-15-6-8-18-43(35)51(48)52)54-53-46-20-10-11-21-49(46)59-56(53)58-55(57-54)39-23-22-34-14-4-5-16-36(34)28-39/h1-23,25-26,28-29,32,41,45H,24,27,30-31H2. The van der Waals surface area contributed by atoms with Gasteiger partial charge in [-0.3, -0.25) is 0 Å². The van der Waals surface area contributed by atoms with Crippen molar-refractivity contribution in [3.8, 4) is 55.9 Å². The first-order chi connectivity index (χ1) is 29.2. The number of para-hydroxylation sites is 1. The van der Waals surface area contributed by atoms with Gasteiger partial charge in [-0.2, -0.15) is 4.98 Å². The third kappa shape index (κ3) is 5.01. The van der Waals surface area contributed by atoms with Crippen LogP contribution in [0.25, 0.3) is 88.7 Å². The molecule has 3 nitrogen and oxygen atoms in total. The van der Waals surface area contributed by atoms with Crippen molar-refractivity contribution in [1.29, 1.82) is 0 Å². The molecular weight excluding hydrogens is 717 g/mol. The monoisotopic (exact) mass is 754 g/mol. The zero-order valence-electron chi connectivity index (χ0n) is 32.5. The molecule has 0 aliphatic heterocycles. The first kappa shape index (κ1) is 32.9. The van der Waals surface area contributed by atoms with Gasteiger partial charge in [0.15, 0.2) is 5.82 Å². The molecule has 2 unspecified atom stereocenters. The maximum absolute atomic E-state index is 6.66. The molecular formula is C56H38N2O. The lowest BCUT2D eigenvalue weighted by atomic mass is 9.66. The van der Waals surface area contributed by atoms with Gasteiger partial charge in [0, 0.05) is 16.9 Å². The number of nitrogens with zero attached hydrogens (tertiary/aromatic N) is 2. The molecule has 2 atom stereocenters.